The summed E-state index contributed by atoms with van der Waals surface area (Å²) in [6.45, 7) is 0. The number of carboxylic acid groups (broad SMARTS) is 1. The monoisotopic (exact) mass is 276 g/mol. The molecule has 0 radical (unpaired) electrons. The summed E-state index contributed by atoms with van der Waals surface area (Å²) in [7, 11) is 0. The van der Waals surface area contributed by atoms with E-state index in [9.17, 15) is 19.1 Å². The molecule has 2 rings (SSSR count). The average molecular weight is 276 g/mol. The number of carbonyl (C=O) groups excluding carboxylic acids is 1. The second-order valence-electron chi connectivity index (χ2n) is 3.80. The Balaban J connectivity index is 2.32. The van der Waals surface area contributed by atoms with Gasteiger partial charge in [-0.15, -0.1) is 0 Å². The topological polar surface area (TPSA) is 99.5 Å². The number of phenols is 1. The van der Waals surface area contributed by atoms with Gasteiger partial charge in [-0.3, -0.25) is 4.79 Å². The number of halogens is 1. The van der Waals surface area contributed by atoms with Crippen LogP contribution in [0.4, 0.5) is 10.1 Å². The van der Waals surface area contributed by atoms with Crippen LogP contribution in [0.2, 0.25) is 0 Å². The minimum absolute atomic E-state index is 0.127. The Labute approximate surface area is 112 Å². The maximum atomic E-state index is 13.3. The van der Waals surface area contributed by atoms with Crippen LogP contribution >= 0.6 is 0 Å². The standard InChI is InChI=1S/C13H9FN2O4/c14-11-8(4-2-6-15-11)12(18)16-9-5-1-3-7(10(9)17)13(19)20/h1-6,17H,(H,16,18)(H,19,20). The molecule has 6 nitrogen and oxygen atoms in total. The number of aromatic nitrogens is 1. The van der Waals surface area contributed by atoms with Crippen LogP contribution in [0.1, 0.15) is 20.7 Å². The third kappa shape index (κ3) is 2.56. The summed E-state index contributed by atoms with van der Waals surface area (Å²) in [6, 6.07) is 6.42. The molecule has 0 unspecified atom stereocenters. The highest BCUT2D eigenvalue weighted by molar-refractivity contribution is 6.06. The summed E-state index contributed by atoms with van der Waals surface area (Å²) in [6.07, 6.45) is 1.19. The van der Waals surface area contributed by atoms with Gasteiger partial charge < -0.3 is 15.5 Å². The summed E-state index contributed by atoms with van der Waals surface area (Å²) in [5.41, 5.74) is -0.805. The van der Waals surface area contributed by atoms with Crippen molar-refractivity contribution in [3.05, 3.63) is 53.6 Å². The molecule has 20 heavy (non-hydrogen) atoms. The Hall–Kier alpha value is -2.96. The molecular weight excluding hydrogens is 267 g/mol. The van der Waals surface area contributed by atoms with Crippen molar-refractivity contribution in [2.75, 3.05) is 5.32 Å². The van der Waals surface area contributed by atoms with Crippen molar-refractivity contribution in [1.82, 2.24) is 4.98 Å². The van der Waals surface area contributed by atoms with Gasteiger partial charge in [-0.25, -0.2) is 9.78 Å². The highest BCUT2D eigenvalue weighted by Crippen LogP contribution is 2.27. The fourth-order valence-electron chi connectivity index (χ4n) is 1.56. The summed E-state index contributed by atoms with van der Waals surface area (Å²) in [5, 5.41) is 20.8. The quantitative estimate of drug-likeness (QED) is 0.587. The van der Waals surface area contributed by atoms with E-state index in [2.05, 4.69) is 10.3 Å². The molecule has 1 aromatic carbocycles. The van der Waals surface area contributed by atoms with E-state index in [1.807, 2.05) is 0 Å². The maximum Gasteiger partial charge on any atom is 0.339 e. The molecule has 7 heteroatoms. The molecule has 0 spiro atoms. The number of aromatic carboxylic acids is 1. The van der Waals surface area contributed by atoms with Crippen molar-refractivity contribution < 1.29 is 24.2 Å². The molecule has 1 amide bonds. The number of para-hydroxylation sites is 1. The number of hydrogen-bond acceptors (Lipinski definition) is 4. The molecular formula is C13H9FN2O4. The number of benzene rings is 1. The molecule has 0 aliphatic heterocycles. The number of anilines is 1. The summed E-state index contributed by atoms with van der Waals surface area (Å²) in [5.74, 6) is -3.74. The largest absolute Gasteiger partial charge is 0.505 e. The van der Waals surface area contributed by atoms with Crippen LogP contribution in [0.5, 0.6) is 5.75 Å². The van der Waals surface area contributed by atoms with Crippen molar-refractivity contribution in [3.8, 4) is 5.75 Å². The lowest BCUT2D eigenvalue weighted by atomic mass is 10.1. The van der Waals surface area contributed by atoms with Crippen LogP contribution < -0.4 is 5.32 Å². The number of amides is 1. The number of pyridine rings is 1. The molecule has 2 aromatic rings. The van der Waals surface area contributed by atoms with Crippen molar-refractivity contribution in [3.63, 3.8) is 0 Å². The highest BCUT2D eigenvalue weighted by atomic mass is 19.1. The molecule has 3 N–H and O–H groups in total. The zero-order valence-electron chi connectivity index (χ0n) is 10.0. The minimum Gasteiger partial charge on any atom is -0.505 e. The van der Waals surface area contributed by atoms with Crippen LogP contribution in [0.25, 0.3) is 0 Å². The van der Waals surface area contributed by atoms with Gasteiger partial charge in [-0.2, -0.15) is 4.39 Å². The fraction of sp³-hybridized carbons (Fsp3) is 0. The van der Waals surface area contributed by atoms with E-state index in [0.29, 0.717) is 0 Å². The predicted octanol–water partition coefficient (Wildman–Crippen LogP) is 1.88. The van der Waals surface area contributed by atoms with E-state index in [1.54, 1.807) is 0 Å². The first-order valence-corrected chi connectivity index (χ1v) is 5.48. The maximum absolute atomic E-state index is 13.3. The summed E-state index contributed by atoms with van der Waals surface area (Å²) in [4.78, 5) is 26.0. The third-order valence-corrected chi connectivity index (χ3v) is 2.52. The van der Waals surface area contributed by atoms with E-state index < -0.39 is 23.6 Å². The van der Waals surface area contributed by atoms with Gasteiger partial charge in [0.1, 0.15) is 5.56 Å². The van der Waals surface area contributed by atoms with E-state index in [-0.39, 0.29) is 16.8 Å². The lowest BCUT2D eigenvalue weighted by Crippen LogP contribution is -2.15. The number of nitrogens with zero attached hydrogens (tertiary/aromatic N) is 1. The molecule has 0 fully saturated rings. The molecule has 0 bridgehead atoms. The van der Waals surface area contributed by atoms with Gasteiger partial charge in [0, 0.05) is 6.20 Å². The predicted molar refractivity (Wildman–Crippen MR) is 67.2 cm³/mol. The number of carbonyl (C=O) groups is 2. The number of aromatic hydroxyl groups is 1. The lowest BCUT2D eigenvalue weighted by Gasteiger charge is -2.09. The second kappa shape index (κ2) is 5.35. The van der Waals surface area contributed by atoms with Gasteiger partial charge in [-0.1, -0.05) is 6.07 Å². The molecule has 1 aromatic heterocycles. The fourth-order valence-corrected chi connectivity index (χ4v) is 1.56. The number of hydrogen-bond donors (Lipinski definition) is 3. The normalized spacial score (nSPS) is 10.1. The van der Waals surface area contributed by atoms with Gasteiger partial charge in [0.15, 0.2) is 5.75 Å². The Bertz CT molecular complexity index is 688. The average Bonchev–Trinajstić information content (AvgIpc) is 2.41. The number of rotatable bonds is 3. The van der Waals surface area contributed by atoms with Crippen molar-refractivity contribution in [1.29, 1.82) is 0 Å². The van der Waals surface area contributed by atoms with Crippen LogP contribution in [0, 0.1) is 5.95 Å². The van der Waals surface area contributed by atoms with Gasteiger partial charge in [0.05, 0.1) is 11.3 Å². The van der Waals surface area contributed by atoms with Crippen LogP contribution in [0.3, 0.4) is 0 Å². The van der Waals surface area contributed by atoms with Crippen molar-refractivity contribution in [2.24, 2.45) is 0 Å². The van der Waals surface area contributed by atoms with E-state index in [0.717, 1.165) is 0 Å². The van der Waals surface area contributed by atoms with Gasteiger partial charge in [0.25, 0.3) is 5.91 Å². The highest BCUT2D eigenvalue weighted by Gasteiger charge is 2.17. The van der Waals surface area contributed by atoms with Gasteiger partial charge in [0.2, 0.25) is 5.95 Å². The summed E-state index contributed by atoms with van der Waals surface area (Å²) < 4.78 is 13.3. The zero-order chi connectivity index (χ0) is 14.7. The zero-order valence-corrected chi connectivity index (χ0v) is 10.0. The molecule has 0 aliphatic carbocycles. The Kier molecular flexibility index (Phi) is 3.60. The number of nitrogens with one attached hydrogen (secondary N) is 1. The minimum atomic E-state index is -1.34. The van der Waals surface area contributed by atoms with Crippen LogP contribution in [0.15, 0.2) is 36.5 Å². The van der Waals surface area contributed by atoms with Gasteiger partial charge >= 0.3 is 5.97 Å². The molecule has 0 aliphatic rings. The van der Waals surface area contributed by atoms with Crippen LogP contribution in [-0.2, 0) is 0 Å². The van der Waals surface area contributed by atoms with Crippen molar-refractivity contribution >= 4 is 17.6 Å². The molecule has 102 valence electrons. The SMILES string of the molecule is O=C(Nc1cccc(C(=O)O)c1O)c1cccnc1F. The summed E-state index contributed by atoms with van der Waals surface area (Å²) >= 11 is 0. The van der Waals surface area contributed by atoms with E-state index in [1.165, 1.54) is 36.5 Å². The molecule has 0 saturated heterocycles. The Morgan fingerprint density at radius 3 is 2.50 bits per heavy atom. The smallest absolute Gasteiger partial charge is 0.339 e. The number of carboxylic acids is 1. The van der Waals surface area contributed by atoms with Gasteiger partial charge in [-0.05, 0) is 24.3 Å². The molecule has 0 saturated carbocycles. The Morgan fingerprint density at radius 1 is 1.15 bits per heavy atom. The third-order valence-electron chi connectivity index (χ3n) is 2.52. The first-order valence-electron chi connectivity index (χ1n) is 5.48. The molecule has 1 heterocycles. The van der Waals surface area contributed by atoms with Crippen molar-refractivity contribution in [2.45, 2.75) is 0 Å². The Morgan fingerprint density at radius 2 is 1.85 bits per heavy atom. The second-order valence-corrected chi connectivity index (χ2v) is 3.80. The molecule has 0 atom stereocenters. The first-order chi connectivity index (χ1) is 9.50. The van der Waals surface area contributed by atoms with E-state index in [4.69, 9.17) is 5.11 Å². The van der Waals surface area contributed by atoms with Crippen LogP contribution in [-0.4, -0.2) is 27.1 Å². The van der Waals surface area contributed by atoms with E-state index >= 15 is 0 Å². The lowest BCUT2D eigenvalue weighted by molar-refractivity contribution is 0.0693. The first kappa shape index (κ1) is 13.5.